The van der Waals surface area contributed by atoms with E-state index < -0.39 is 36.4 Å². The lowest BCUT2D eigenvalue weighted by Gasteiger charge is -2.26. The molecule has 14 heteroatoms. The Morgan fingerprint density at radius 2 is 0.637 bits per heavy atom. The first-order chi connectivity index (χ1) is 38.9. The van der Waals surface area contributed by atoms with Crippen LogP contribution in [-0.4, -0.2) is 141 Å². The quantitative estimate of drug-likeness (QED) is 0.0257. The first kappa shape index (κ1) is 76.7. The molecule has 4 atom stereocenters. The molecule has 0 fully saturated rings. The minimum atomic E-state index is -0.630. The Bertz CT molecular complexity index is 1540. The lowest BCUT2D eigenvalue weighted by Crippen LogP contribution is -2.39. The number of carbonyl (C=O) groups excluding carboxylic acids is 4. The Morgan fingerprint density at radius 3 is 0.900 bits per heavy atom. The molecule has 0 heterocycles. The van der Waals surface area contributed by atoms with Gasteiger partial charge in [0.05, 0.1) is 37.3 Å². The fourth-order valence-electron chi connectivity index (χ4n) is 8.21. The van der Waals surface area contributed by atoms with Gasteiger partial charge in [-0.3, -0.25) is 29.0 Å². The van der Waals surface area contributed by atoms with Crippen LogP contribution in [0.1, 0.15) is 207 Å². The molecular weight excluding hydrogens is 1040 g/mol. The van der Waals surface area contributed by atoms with E-state index in [9.17, 15) is 39.6 Å². The number of nitrogens with zero attached hydrogens (tertiary/aromatic N) is 2. The zero-order valence-corrected chi connectivity index (χ0v) is 52.0. The van der Waals surface area contributed by atoms with Crippen molar-refractivity contribution < 1.29 is 49.1 Å². The van der Waals surface area contributed by atoms with Gasteiger partial charge in [0.1, 0.15) is 13.2 Å². The SMILES string of the molecule is CCCCC/C=C\C/C=C\CC(O)CN(CCSC(=O)CCC(=O)OCCOC(=O)CCC(=O)SCCN(CC(O)C/C=C\C/C=C\CCCCC)CC(O)C/C=C\C/C=C\CCCCC)CC(O)C/C=C\C/C=C\CCCCC. The van der Waals surface area contributed by atoms with Gasteiger partial charge in [-0.05, 0) is 103 Å². The molecule has 0 saturated carbocycles. The second kappa shape index (κ2) is 58.8. The third-order valence-corrected chi connectivity index (χ3v) is 14.7. The summed E-state index contributed by atoms with van der Waals surface area (Å²) in [6.07, 6.45) is 55.0. The Labute approximate surface area is 495 Å². The number of ether oxygens (including phenoxy) is 2. The molecule has 0 aromatic carbocycles. The molecule has 80 heavy (non-hydrogen) atoms. The molecule has 0 aliphatic carbocycles. The highest BCUT2D eigenvalue weighted by Gasteiger charge is 2.18. The Kier molecular flexibility index (Phi) is 56.4. The van der Waals surface area contributed by atoms with Gasteiger partial charge >= 0.3 is 11.9 Å². The average Bonchev–Trinajstić information content (AvgIpc) is 3.43. The Morgan fingerprint density at radius 1 is 0.375 bits per heavy atom. The van der Waals surface area contributed by atoms with E-state index in [1.807, 2.05) is 34.1 Å². The molecule has 0 spiro atoms. The second-order valence-corrected chi connectivity index (χ2v) is 23.0. The molecule has 0 rings (SSSR count). The van der Waals surface area contributed by atoms with E-state index in [1.54, 1.807) is 0 Å². The van der Waals surface area contributed by atoms with Gasteiger partial charge in [0.15, 0.2) is 10.2 Å². The van der Waals surface area contributed by atoms with Crippen LogP contribution in [0.5, 0.6) is 0 Å². The maximum absolute atomic E-state index is 12.8. The van der Waals surface area contributed by atoms with Crippen LogP contribution in [0.25, 0.3) is 0 Å². The van der Waals surface area contributed by atoms with Crippen LogP contribution < -0.4 is 0 Å². The summed E-state index contributed by atoms with van der Waals surface area (Å²) in [5, 5.41) is 43.2. The lowest BCUT2D eigenvalue weighted by molar-refractivity contribution is -0.152. The molecular formula is C66H112N2O10S2. The Balaban J connectivity index is 4.87. The highest BCUT2D eigenvalue weighted by molar-refractivity contribution is 8.13. The number of hydrogen-bond donors (Lipinski definition) is 4. The van der Waals surface area contributed by atoms with E-state index in [0.717, 1.165) is 74.9 Å². The largest absolute Gasteiger partial charge is 0.462 e. The van der Waals surface area contributed by atoms with Crippen molar-refractivity contribution in [3.8, 4) is 0 Å². The van der Waals surface area contributed by atoms with Crippen LogP contribution in [0, 0.1) is 0 Å². The summed E-state index contributed by atoms with van der Waals surface area (Å²) < 4.78 is 10.4. The number of hydrogen-bond acceptors (Lipinski definition) is 14. The van der Waals surface area contributed by atoms with Crippen molar-refractivity contribution in [1.29, 1.82) is 0 Å². The molecule has 0 aliphatic heterocycles. The maximum Gasteiger partial charge on any atom is 0.306 e. The normalized spacial score (nSPS) is 14.1. The van der Waals surface area contributed by atoms with Gasteiger partial charge in [-0.25, -0.2) is 0 Å². The van der Waals surface area contributed by atoms with Gasteiger partial charge in [-0.1, -0.05) is 200 Å². The van der Waals surface area contributed by atoms with Gasteiger partial charge < -0.3 is 29.9 Å². The monoisotopic (exact) mass is 1160 g/mol. The van der Waals surface area contributed by atoms with Crippen molar-refractivity contribution in [3.63, 3.8) is 0 Å². The lowest BCUT2D eigenvalue weighted by atomic mass is 10.1. The summed E-state index contributed by atoms with van der Waals surface area (Å²) in [6.45, 7) is 10.8. The zero-order valence-electron chi connectivity index (χ0n) is 50.4. The number of rotatable bonds is 55. The number of esters is 2. The topological polar surface area (TPSA) is 174 Å². The molecule has 0 radical (unpaired) electrons. The number of allylic oxidation sites excluding steroid dienone is 12. The molecule has 0 aromatic rings. The van der Waals surface area contributed by atoms with Crippen LogP contribution in [0.15, 0.2) is 97.2 Å². The van der Waals surface area contributed by atoms with E-state index in [1.165, 1.54) is 77.0 Å². The third-order valence-electron chi connectivity index (χ3n) is 12.8. The zero-order chi connectivity index (χ0) is 58.8. The summed E-state index contributed by atoms with van der Waals surface area (Å²) in [6, 6.07) is 0. The maximum atomic E-state index is 12.8. The molecule has 0 amide bonds. The molecule has 12 nitrogen and oxygen atoms in total. The highest BCUT2D eigenvalue weighted by atomic mass is 32.2. The third kappa shape index (κ3) is 55.2. The van der Waals surface area contributed by atoms with Crippen LogP contribution in [0.2, 0.25) is 0 Å². The summed E-state index contributed by atoms with van der Waals surface area (Å²) >= 11 is 2.21. The fraction of sp³-hybridized carbons (Fsp3) is 0.697. The number of unbranched alkanes of at least 4 members (excludes halogenated alkanes) is 12. The molecule has 458 valence electrons. The molecule has 0 aromatic heterocycles. The van der Waals surface area contributed by atoms with Crippen LogP contribution in [0.4, 0.5) is 0 Å². The summed E-state index contributed by atoms with van der Waals surface area (Å²) in [5.41, 5.74) is 0. The number of thioether (sulfide) groups is 2. The van der Waals surface area contributed by atoms with Gasteiger partial charge in [0.25, 0.3) is 0 Å². The fourth-order valence-corrected chi connectivity index (χ4v) is 9.85. The summed E-state index contributed by atoms with van der Waals surface area (Å²) in [5.74, 6) is -0.308. The van der Waals surface area contributed by atoms with E-state index in [4.69, 9.17) is 9.47 Å². The molecule has 0 bridgehead atoms. The van der Waals surface area contributed by atoms with E-state index in [2.05, 4.69) is 101 Å². The smallest absolute Gasteiger partial charge is 0.306 e. The average molecular weight is 1160 g/mol. The van der Waals surface area contributed by atoms with Gasteiger partial charge in [0.2, 0.25) is 0 Å². The predicted octanol–water partition coefficient (Wildman–Crippen LogP) is 14.1. The minimum Gasteiger partial charge on any atom is -0.462 e. The number of aliphatic hydroxyl groups excluding tert-OH is 4. The second-order valence-electron chi connectivity index (χ2n) is 20.7. The van der Waals surface area contributed by atoms with Crippen molar-refractivity contribution in [2.24, 2.45) is 0 Å². The first-order valence-corrected chi connectivity index (χ1v) is 32.9. The van der Waals surface area contributed by atoms with E-state index in [0.29, 0.717) is 76.5 Å². The highest BCUT2D eigenvalue weighted by Crippen LogP contribution is 2.14. The standard InChI is InChI=1S/C66H112N2O10S2/c1-5-9-13-17-21-25-29-33-37-41-59(69)55-67(56-60(70)42-38-34-30-26-22-18-14-10-6-2)49-53-79-65(75)47-45-63(73)77-51-52-78-64(74)46-48-66(76)80-54-50-68(57-61(71)43-39-35-31-27-23-19-15-11-7-3)58-62(72)44-40-36-32-28-24-20-16-12-8-4/h21-28,33-40,59-62,69-72H,5-20,29-32,41-58H2,1-4H3/b25-21-,26-22-,27-23-,28-24-,37-33-,38-34-,39-35-,40-36-. The van der Waals surface area contributed by atoms with Crippen molar-refractivity contribution in [1.82, 2.24) is 9.80 Å². The van der Waals surface area contributed by atoms with Crippen LogP contribution in [-0.2, 0) is 28.7 Å². The molecule has 0 aliphatic rings. The summed E-state index contributed by atoms with van der Waals surface area (Å²) in [4.78, 5) is 54.4. The van der Waals surface area contributed by atoms with Crippen LogP contribution >= 0.6 is 23.5 Å². The van der Waals surface area contributed by atoms with Crippen molar-refractivity contribution in [3.05, 3.63) is 97.2 Å². The van der Waals surface area contributed by atoms with Crippen LogP contribution in [0.3, 0.4) is 0 Å². The minimum absolute atomic E-state index is 0.0215. The molecule has 4 unspecified atom stereocenters. The first-order valence-electron chi connectivity index (χ1n) is 30.9. The van der Waals surface area contributed by atoms with Crippen molar-refractivity contribution in [2.45, 2.75) is 232 Å². The molecule has 4 N–H and O–H groups in total. The van der Waals surface area contributed by atoms with E-state index in [-0.39, 0.29) is 49.1 Å². The van der Waals surface area contributed by atoms with Gasteiger partial charge in [-0.15, -0.1) is 0 Å². The molecule has 0 saturated heterocycles. The summed E-state index contributed by atoms with van der Waals surface area (Å²) in [7, 11) is 0. The van der Waals surface area contributed by atoms with E-state index >= 15 is 0 Å². The van der Waals surface area contributed by atoms with Crippen molar-refractivity contribution in [2.75, 3.05) is 64.0 Å². The van der Waals surface area contributed by atoms with Gasteiger partial charge in [0, 0.05) is 63.6 Å². The van der Waals surface area contributed by atoms with Gasteiger partial charge in [-0.2, -0.15) is 0 Å². The predicted molar refractivity (Wildman–Crippen MR) is 339 cm³/mol. The number of aliphatic hydroxyl groups is 4. The Hall–Kier alpha value is -3.34. The number of carbonyl (C=O) groups is 4. The van der Waals surface area contributed by atoms with Crippen molar-refractivity contribution >= 4 is 45.7 Å².